The Balaban J connectivity index is 0.00000420. The van der Waals surface area contributed by atoms with Crippen molar-refractivity contribution in [2.24, 2.45) is 16.3 Å². The number of halogens is 1. The molecule has 10 heteroatoms. The number of nitrogens with one attached hydrogen (secondary N) is 2. The standard InChI is InChI=1S/C19H37N5O3S.HI/c1-5-20-18(21-14-16-8-12-24(13-9-16)28(4,26)27)22-15-19(10-6-7-11-19)17(25)23(2)3;/h16H,5-15H2,1-4H3,(H2,20,21,22);1H. The van der Waals surface area contributed by atoms with Gasteiger partial charge in [0.2, 0.25) is 15.9 Å². The summed E-state index contributed by atoms with van der Waals surface area (Å²) in [6, 6.07) is 0. The van der Waals surface area contributed by atoms with Gasteiger partial charge in [0.15, 0.2) is 5.96 Å². The van der Waals surface area contributed by atoms with Crippen LogP contribution in [0.2, 0.25) is 0 Å². The molecule has 2 rings (SSSR count). The van der Waals surface area contributed by atoms with E-state index in [-0.39, 0.29) is 35.3 Å². The Morgan fingerprint density at radius 3 is 2.24 bits per heavy atom. The van der Waals surface area contributed by atoms with Gasteiger partial charge in [-0.1, -0.05) is 12.8 Å². The van der Waals surface area contributed by atoms with Crippen LogP contribution in [0.5, 0.6) is 0 Å². The molecule has 0 bridgehead atoms. The average Bonchev–Trinajstić information content (AvgIpc) is 3.13. The highest BCUT2D eigenvalue weighted by Crippen LogP contribution is 2.39. The zero-order valence-electron chi connectivity index (χ0n) is 18.2. The number of amides is 1. The van der Waals surface area contributed by atoms with Gasteiger partial charge in [0.25, 0.3) is 0 Å². The van der Waals surface area contributed by atoms with Gasteiger partial charge in [-0.2, -0.15) is 0 Å². The molecule has 1 aliphatic heterocycles. The molecule has 0 unspecified atom stereocenters. The summed E-state index contributed by atoms with van der Waals surface area (Å²) in [5, 5.41) is 6.67. The number of guanidine groups is 1. The number of rotatable bonds is 7. The summed E-state index contributed by atoms with van der Waals surface area (Å²) in [5.74, 6) is 1.34. The van der Waals surface area contributed by atoms with Crippen LogP contribution in [0.3, 0.4) is 0 Å². The lowest BCUT2D eigenvalue weighted by Gasteiger charge is -2.31. The highest BCUT2D eigenvalue weighted by Gasteiger charge is 2.42. The summed E-state index contributed by atoms with van der Waals surface area (Å²) in [7, 11) is 0.547. The van der Waals surface area contributed by atoms with Gasteiger partial charge in [-0.15, -0.1) is 24.0 Å². The Morgan fingerprint density at radius 1 is 1.17 bits per heavy atom. The van der Waals surface area contributed by atoms with Gasteiger partial charge in [0.05, 0.1) is 18.2 Å². The molecule has 0 aromatic carbocycles. The maximum Gasteiger partial charge on any atom is 0.230 e. The second kappa shape index (κ2) is 11.7. The summed E-state index contributed by atoms with van der Waals surface area (Å²) in [6.45, 7) is 5.22. The van der Waals surface area contributed by atoms with Crippen LogP contribution in [-0.4, -0.2) is 82.6 Å². The zero-order valence-corrected chi connectivity index (χ0v) is 21.4. The Hall–Kier alpha value is -0.620. The topological polar surface area (TPSA) is 94.1 Å². The van der Waals surface area contributed by atoms with Gasteiger partial charge >= 0.3 is 0 Å². The molecule has 1 heterocycles. The number of aliphatic imine (C=N–C) groups is 1. The lowest BCUT2D eigenvalue weighted by Crippen LogP contribution is -2.45. The van der Waals surface area contributed by atoms with E-state index < -0.39 is 10.0 Å². The zero-order chi connectivity index (χ0) is 20.8. The van der Waals surface area contributed by atoms with E-state index in [2.05, 4.69) is 10.6 Å². The Morgan fingerprint density at radius 2 is 1.76 bits per heavy atom. The minimum absolute atomic E-state index is 0. The molecule has 29 heavy (non-hydrogen) atoms. The molecule has 2 aliphatic rings. The van der Waals surface area contributed by atoms with Crippen molar-refractivity contribution in [3.8, 4) is 0 Å². The van der Waals surface area contributed by atoms with E-state index in [1.165, 1.54) is 6.26 Å². The first-order valence-electron chi connectivity index (χ1n) is 10.4. The predicted molar refractivity (Wildman–Crippen MR) is 128 cm³/mol. The van der Waals surface area contributed by atoms with E-state index in [4.69, 9.17) is 4.99 Å². The molecule has 170 valence electrons. The molecule has 8 nitrogen and oxygen atoms in total. The Labute approximate surface area is 193 Å². The van der Waals surface area contributed by atoms with Gasteiger partial charge in [-0.05, 0) is 38.5 Å². The number of carbonyl (C=O) groups is 1. The van der Waals surface area contributed by atoms with Crippen LogP contribution in [0.25, 0.3) is 0 Å². The Bertz CT molecular complexity index is 655. The van der Waals surface area contributed by atoms with Gasteiger partial charge in [0, 0.05) is 40.3 Å². The minimum atomic E-state index is -3.09. The van der Waals surface area contributed by atoms with Crippen LogP contribution in [0.15, 0.2) is 4.99 Å². The Kier molecular flexibility index (Phi) is 10.6. The first kappa shape index (κ1) is 26.4. The largest absolute Gasteiger partial charge is 0.357 e. The molecule has 0 radical (unpaired) electrons. The van der Waals surface area contributed by atoms with Gasteiger partial charge in [0.1, 0.15) is 0 Å². The maximum absolute atomic E-state index is 12.7. The molecule has 1 amide bonds. The van der Waals surface area contributed by atoms with Gasteiger partial charge in [-0.3, -0.25) is 9.79 Å². The quantitative estimate of drug-likeness (QED) is 0.288. The fraction of sp³-hybridized carbons (Fsp3) is 0.895. The van der Waals surface area contributed by atoms with Crippen molar-refractivity contribution in [3.63, 3.8) is 0 Å². The number of nitrogens with zero attached hydrogens (tertiary/aromatic N) is 3. The van der Waals surface area contributed by atoms with E-state index >= 15 is 0 Å². The second-order valence-corrected chi connectivity index (χ2v) is 10.4. The molecule has 0 aromatic heterocycles. The summed E-state index contributed by atoms with van der Waals surface area (Å²) in [4.78, 5) is 19.2. The predicted octanol–water partition coefficient (Wildman–Crippen LogP) is 1.48. The molecule has 0 spiro atoms. The fourth-order valence-corrected chi connectivity index (χ4v) is 5.10. The van der Waals surface area contributed by atoms with Crippen LogP contribution in [-0.2, 0) is 14.8 Å². The molecule has 2 fully saturated rings. The van der Waals surface area contributed by atoms with Crippen LogP contribution in [0.1, 0.15) is 45.4 Å². The first-order valence-corrected chi connectivity index (χ1v) is 12.2. The third-order valence-electron chi connectivity index (χ3n) is 5.91. The third kappa shape index (κ3) is 7.54. The number of hydrogen-bond donors (Lipinski definition) is 2. The second-order valence-electron chi connectivity index (χ2n) is 8.37. The van der Waals surface area contributed by atoms with E-state index in [0.717, 1.165) is 57.6 Å². The number of piperidine rings is 1. The van der Waals surface area contributed by atoms with Crippen molar-refractivity contribution in [3.05, 3.63) is 0 Å². The monoisotopic (exact) mass is 543 g/mol. The van der Waals surface area contributed by atoms with Crippen molar-refractivity contribution < 1.29 is 13.2 Å². The van der Waals surface area contributed by atoms with E-state index in [1.54, 1.807) is 9.21 Å². The molecule has 1 saturated carbocycles. The van der Waals surface area contributed by atoms with Crippen molar-refractivity contribution in [2.45, 2.75) is 45.4 Å². The van der Waals surface area contributed by atoms with Crippen molar-refractivity contribution >= 4 is 45.9 Å². The normalized spacial score (nSPS) is 20.8. The number of hydrogen-bond acceptors (Lipinski definition) is 4. The van der Waals surface area contributed by atoms with Crippen LogP contribution in [0, 0.1) is 11.3 Å². The highest BCUT2D eigenvalue weighted by molar-refractivity contribution is 14.0. The molecular weight excluding hydrogens is 505 g/mol. The van der Waals surface area contributed by atoms with Gasteiger partial charge in [-0.25, -0.2) is 12.7 Å². The molecular formula is C19H38IN5O3S. The molecule has 2 N–H and O–H groups in total. The van der Waals surface area contributed by atoms with E-state index in [9.17, 15) is 13.2 Å². The highest BCUT2D eigenvalue weighted by atomic mass is 127. The third-order valence-corrected chi connectivity index (χ3v) is 7.21. The SMILES string of the molecule is CCNC(=NCC1(C(=O)N(C)C)CCCC1)NCC1CCN(S(C)(=O)=O)CC1.I. The molecule has 0 aromatic rings. The average molecular weight is 544 g/mol. The smallest absolute Gasteiger partial charge is 0.230 e. The lowest BCUT2D eigenvalue weighted by molar-refractivity contribution is -0.138. The van der Waals surface area contributed by atoms with E-state index in [0.29, 0.717) is 25.6 Å². The first-order chi connectivity index (χ1) is 13.2. The molecule has 1 saturated heterocycles. The van der Waals surface area contributed by atoms with Crippen molar-refractivity contribution in [2.75, 3.05) is 53.1 Å². The van der Waals surface area contributed by atoms with Gasteiger partial charge < -0.3 is 15.5 Å². The van der Waals surface area contributed by atoms with Crippen LogP contribution >= 0.6 is 24.0 Å². The minimum Gasteiger partial charge on any atom is -0.357 e. The summed E-state index contributed by atoms with van der Waals surface area (Å²) < 4.78 is 24.8. The number of sulfonamides is 1. The maximum atomic E-state index is 12.7. The number of carbonyl (C=O) groups excluding carboxylic acids is 1. The molecule has 1 aliphatic carbocycles. The van der Waals surface area contributed by atoms with Crippen molar-refractivity contribution in [1.82, 2.24) is 19.8 Å². The summed E-state index contributed by atoms with van der Waals surface area (Å²) in [6.07, 6.45) is 6.93. The van der Waals surface area contributed by atoms with Crippen LogP contribution < -0.4 is 10.6 Å². The molecule has 0 atom stereocenters. The summed E-state index contributed by atoms with van der Waals surface area (Å²) in [5.41, 5.74) is -0.368. The van der Waals surface area contributed by atoms with E-state index in [1.807, 2.05) is 21.0 Å². The lowest BCUT2D eigenvalue weighted by atomic mass is 9.85. The van der Waals surface area contributed by atoms with Crippen LogP contribution in [0.4, 0.5) is 0 Å². The summed E-state index contributed by atoms with van der Waals surface area (Å²) >= 11 is 0. The van der Waals surface area contributed by atoms with Crippen molar-refractivity contribution in [1.29, 1.82) is 0 Å². The fourth-order valence-electron chi connectivity index (χ4n) is 4.22.